The molecule has 0 unspecified atom stereocenters. The summed E-state index contributed by atoms with van der Waals surface area (Å²) >= 11 is 4.40. The number of thiophene rings is 1. The number of terminal acetylenes is 1. The number of sulfonamides is 1. The number of hydrogen-bond donors (Lipinski definition) is 1. The summed E-state index contributed by atoms with van der Waals surface area (Å²) in [6.45, 7) is 0.377. The van der Waals surface area contributed by atoms with E-state index in [1.54, 1.807) is 12.1 Å². The Morgan fingerprint density at radius 1 is 1.53 bits per heavy atom. The number of nitrogens with one attached hydrogen (secondary N) is 1. The fourth-order valence-corrected chi connectivity index (χ4v) is 4.04. The van der Waals surface area contributed by atoms with E-state index < -0.39 is 10.0 Å². The molecule has 1 N–H and O–H groups in total. The van der Waals surface area contributed by atoms with Gasteiger partial charge in [0.05, 0.1) is 3.79 Å². The zero-order chi connectivity index (χ0) is 11.3. The first-order valence-electron chi connectivity index (χ1n) is 4.25. The molecule has 1 rings (SSSR count). The van der Waals surface area contributed by atoms with E-state index in [9.17, 15) is 8.42 Å². The molecule has 0 aliphatic carbocycles. The van der Waals surface area contributed by atoms with Crippen LogP contribution in [-0.2, 0) is 10.0 Å². The minimum absolute atomic E-state index is 0.315. The Bertz CT molecular complexity index is 459. The Morgan fingerprint density at radius 3 is 2.80 bits per heavy atom. The third-order valence-corrected chi connectivity index (χ3v) is 5.18. The highest BCUT2D eigenvalue weighted by molar-refractivity contribution is 9.11. The van der Waals surface area contributed by atoms with E-state index in [0.717, 1.165) is 3.79 Å². The molecule has 0 amide bonds. The molecule has 0 saturated heterocycles. The highest BCUT2D eigenvalue weighted by Gasteiger charge is 2.15. The van der Waals surface area contributed by atoms with Crippen molar-refractivity contribution in [3.8, 4) is 12.3 Å². The monoisotopic (exact) mass is 307 g/mol. The molecule has 0 saturated carbocycles. The smallest absolute Gasteiger partial charge is 0.210 e. The fraction of sp³-hybridized carbons (Fsp3) is 0.333. The average Bonchev–Trinajstić information content (AvgIpc) is 2.60. The zero-order valence-corrected chi connectivity index (χ0v) is 11.1. The summed E-state index contributed by atoms with van der Waals surface area (Å²) in [5.74, 6) is 2.46. The minimum Gasteiger partial charge on any atom is -0.210 e. The quantitative estimate of drug-likeness (QED) is 0.669. The van der Waals surface area contributed by atoms with Gasteiger partial charge in [0.2, 0.25) is 10.0 Å². The largest absolute Gasteiger partial charge is 0.250 e. The van der Waals surface area contributed by atoms with Crippen LogP contribution in [0.15, 0.2) is 20.1 Å². The Balaban J connectivity index is 2.57. The van der Waals surface area contributed by atoms with E-state index in [1.807, 2.05) is 0 Å². The normalized spacial score (nSPS) is 11.2. The average molecular weight is 308 g/mol. The molecule has 0 radical (unpaired) electrons. The summed E-state index contributed by atoms with van der Waals surface area (Å²) in [5.41, 5.74) is 0. The first-order valence-corrected chi connectivity index (χ1v) is 7.34. The number of unbranched alkanes of at least 4 members (excludes halogenated alkanes) is 1. The summed E-state index contributed by atoms with van der Waals surface area (Å²) in [7, 11) is -3.35. The highest BCUT2D eigenvalue weighted by Crippen LogP contribution is 2.25. The molecule has 0 aliphatic heterocycles. The predicted octanol–water partition coefficient (Wildman–Crippen LogP) is 2.20. The highest BCUT2D eigenvalue weighted by atomic mass is 79.9. The molecule has 0 bridgehead atoms. The summed E-state index contributed by atoms with van der Waals surface area (Å²) < 4.78 is 26.9. The van der Waals surface area contributed by atoms with Crippen LogP contribution in [0.25, 0.3) is 0 Å². The van der Waals surface area contributed by atoms with Crippen molar-refractivity contribution in [2.75, 3.05) is 6.54 Å². The van der Waals surface area contributed by atoms with E-state index in [-0.39, 0.29) is 0 Å². The summed E-state index contributed by atoms with van der Waals surface area (Å²) in [5, 5.41) is 0. The Kier molecular flexibility index (Phi) is 4.80. The molecule has 1 aromatic heterocycles. The Labute approximate surface area is 102 Å². The Morgan fingerprint density at radius 2 is 2.27 bits per heavy atom. The van der Waals surface area contributed by atoms with E-state index >= 15 is 0 Å². The summed E-state index contributed by atoms with van der Waals surface area (Å²) in [6.07, 6.45) is 6.30. The lowest BCUT2D eigenvalue weighted by Gasteiger charge is -2.02. The molecule has 3 nitrogen and oxygen atoms in total. The van der Waals surface area contributed by atoms with Crippen LogP contribution in [0, 0.1) is 12.3 Å². The van der Waals surface area contributed by atoms with Gasteiger partial charge in [-0.3, -0.25) is 0 Å². The molecule has 0 fully saturated rings. The second kappa shape index (κ2) is 5.66. The van der Waals surface area contributed by atoms with Gasteiger partial charge in [0.25, 0.3) is 0 Å². The van der Waals surface area contributed by atoms with Crippen molar-refractivity contribution in [3.63, 3.8) is 0 Å². The van der Waals surface area contributed by atoms with E-state index in [1.165, 1.54) is 11.3 Å². The molecule has 1 aromatic rings. The van der Waals surface area contributed by atoms with E-state index in [4.69, 9.17) is 6.42 Å². The van der Waals surface area contributed by atoms with Crippen LogP contribution < -0.4 is 4.72 Å². The van der Waals surface area contributed by atoms with Crippen molar-refractivity contribution >= 4 is 37.3 Å². The van der Waals surface area contributed by atoms with Gasteiger partial charge in [-0.25, -0.2) is 13.1 Å². The van der Waals surface area contributed by atoms with Gasteiger partial charge in [0.1, 0.15) is 4.21 Å². The predicted molar refractivity (Wildman–Crippen MR) is 65.3 cm³/mol. The lowest BCUT2D eigenvalue weighted by Crippen LogP contribution is -2.23. The molecule has 6 heteroatoms. The van der Waals surface area contributed by atoms with Crippen molar-refractivity contribution in [1.82, 2.24) is 4.72 Å². The van der Waals surface area contributed by atoms with Crippen LogP contribution in [0.4, 0.5) is 0 Å². The van der Waals surface area contributed by atoms with Gasteiger partial charge in [0, 0.05) is 13.0 Å². The molecule has 0 atom stereocenters. The standard InChI is InChI=1S/C9H10BrNO2S2/c1-2-3-4-7-11-15(12,13)9-6-5-8(10)14-9/h1,5-6,11H,3-4,7H2. The first-order chi connectivity index (χ1) is 7.06. The van der Waals surface area contributed by atoms with Crippen molar-refractivity contribution in [1.29, 1.82) is 0 Å². The molecular formula is C9H10BrNO2S2. The summed E-state index contributed by atoms with van der Waals surface area (Å²) in [6, 6.07) is 3.28. The first kappa shape index (κ1) is 12.7. The third-order valence-electron chi connectivity index (χ3n) is 1.60. The van der Waals surface area contributed by atoms with Gasteiger partial charge >= 0.3 is 0 Å². The van der Waals surface area contributed by atoms with Gasteiger partial charge in [-0.1, -0.05) is 0 Å². The molecule has 0 aromatic carbocycles. The molecule has 0 spiro atoms. The fourth-order valence-electron chi connectivity index (χ4n) is 0.910. The lowest BCUT2D eigenvalue weighted by atomic mass is 10.3. The summed E-state index contributed by atoms with van der Waals surface area (Å²) in [4.78, 5) is 0. The van der Waals surface area contributed by atoms with Crippen LogP contribution in [0.3, 0.4) is 0 Å². The second-order valence-corrected chi connectivity index (χ2v) is 7.22. The van der Waals surface area contributed by atoms with Crippen LogP contribution in [0.5, 0.6) is 0 Å². The van der Waals surface area contributed by atoms with Crippen molar-refractivity contribution in [2.45, 2.75) is 17.1 Å². The van der Waals surface area contributed by atoms with Crippen molar-refractivity contribution in [3.05, 3.63) is 15.9 Å². The second-order valence-electron chi connectivity index (χ2n) is 2.76. The van der Waals surface area contributed by atoms with Crippen LogP contribution in [0.1, 0.15) is 12.8 Å². The molecule has 0 aliphatic rings. The van der Waals surface area contributed by atoms with Crippen molar-refractivity contribution < 1.29 is 8.42 Å². The van der Waals surface area contributed by atoms with Gasteiger partial charge in [-0.2, -0.15) is 0 Å². The maximum atomic E-state index is 11.6. The molecule has 1 heterocycles. The topological polar surface area (TPSA) is 46.2 Å². The van der Waals surface area contributed by atoms with Crippen molar-refractivity contribution in [2.24, 2.45) is 0 Å². The van der Waals surface area contributed by atoms with Crippen LogP contribution in [0.2, 0.25) is 0 Å². The van der Waals surface area contributed by atoms with Crippen LogP contribution >= 0.6 is 27.3 Å². The number of halogens is 1. The zero-order valence-electron chi connectivity index (χ0n) is 7.86. The number of hydrogen-bond acceptors (Lipinski definition) is 3. The number of rotatable bonds is 5. The third kappa shape index (κ3) is 3.95. The minimum atomic E-state index is -3.35. The van der Waals surface area contributed by atoms with Gasteiger partial charge in [-0.15, -0.1) is 23.7 Å². The van der Waals surface area contributed by atoms with E-state index in [2.05, 4.69) is 26.6 Å². The van der Waals surface area contributed by atoms with Gasteiger partial charge in [0.15, 0.2) is 0 Å². The van der Waals surface area contributed by atoms with E-state index in [0.29, 0.717) is 23.6 Å². The molecule has 82 valence electrons. The maximum Gasteiger partial charge on any atom is 0.250 e. The van der Waals surface area contributed by atoms with Gasteiger partial charge < -0.3 is 0 Å². The SMILES string of the molecule is C#CCCCNS(=O)(=O)c1ccc(Br)s1. The lowest BCUT2D eigenvalue weighted by molar-refractivity contribution is 0.582. The molecular weight excluding hydrogens is 298 g/mol. The maximum absolute atomic E-state index is 11.6. The Hall–Kier alpha value is -0.350. The van der Waals surface area contributed by atoms with Gasteiger partial charge in [-0.05, 0) is 34.5 Å². The van der Waals surface area contributed by atoms with Crippen LogP contribution in [-0.4, -0.2) is 15.0 Å². The molecule has 15 heavy (non-hydrogen) atoms.